The Labute approximate surface area is 172 Å². The highest BCUT2D eigenvalue weighted by Crippen LogP contribution is 2.24. The van der Waals surface area contributed by atoms with Gasteiger partial charge in [-0.05, 0) is 44.1 Å². The first-order chi connectivity index (χ1) is 14.5. The van der Waals surface area contributed by atoms with Crippen LogP contribution in [-0.4, -0.2) is 44.6 Å². The third-order valence-corrected chi connectivity index (χ3v) is 5.71. The lowest BCUT2D eigenvalue weighted by Crippen LogP contribution is -2.40. The van der Waals surface area contributed by atoms with Crippen molar-refractivity contribution in [2.45, 2.75) is 25.3 Å². The highest BCUT2D eigenvalue weighted by Gasteiger charge is 2.25. The van der Waals surface area contributed by atoms with E-state index in [1.54, 1.807) is 13.3 Å². The Morgan fingerprint density at radius 2 is 1.97 bits per heavy atom. The van der Waals surface area contributed by atoms with Crippen LogP contribution in [-0.2, 0) is 14.1 Å². The van der Waals surface area contributed by atoms with Crippen LogP contribution in [0.15, 0.2) is 44.7 Å². The molecule has 9 nitrogen and oxygen atoms in total. The Morgan fingerprint density at radius 1 is 1.20 bits per heavy atom. The molecule has 1 aliphatic heterocycles. The number of aryl methyl sites for hydroxylation is 1. The van der Waals surface area contributed by atoms with E-state index in [-0.39, 0.29) is 28.5 Å². The number of furan rings is 1. The van der Waals surface area contributed by atoms with Crippen LogP contribution in [0.5, 0.6) is 0 Å². The van der Waals surface area contributed by atoms with Crippen molar-refractivity contribution in [3.63, 3.8) is 0 Å². The summed E-state index contributed by atoms with van der Waals surface area (Å²) < 4.78 is 7.92. The minimum Gasteiger partial charge on any atom is -0.468 e. The van der Waals surface area contributed by atoms with Crippen molar-refractivity contribution >= 4 is 16.9 Å². The molecule has 1 aliphatic rings. The predicted octanol–water partition coefficient (Wildman–Crippen LogP) is 1.18. The Morgan fingerprint density at radius 3 is 2.67 bits per heavy atom. The number of nitrogens with zero attached hydrogens (tertiary/aromatic N) is 4. The first-order valence-electron chi connectivity index (χ1n) is 10.1. The van der Waals surface area contributed by atoms with Gasteiger partial charge in [-0.2, -0.15) is 0 Å². The van der Waals surface area contributed by atoms with E-state index >= 15 is 0 Å². The van der Waals surface area contributed by atoms with E-state index < -0.39 is 11.2 Å². The number of rotatable bonds is 5. The Bertz CT molecular complexity index is 1170. The summed E-state index contributed by atoms with van der Waals surface area (Å²) in [5.74, 6) is 0.492. The van der Waals surface area contributed by atoms with Crippen LogP contribution in [0.4, 0.5) is 0 Å². The zero-order chi connectivity index (χ0) is 21.3. The summed E-state index contributed by atoms with van der Waals surface area (Å²) in [6, 6.07) is 5.21. The SMILES string of the molecule is Cn1c(=O)c2cc(C(=O)NCC(c3ccco3)N3CCCCC3)cnc2n(C)c1=O. The van der Waals surface area contributed by atoms with Gasteiger partial charge in [0.05, 0.1) is 23.3 Å². The lowest BCUT2D eigenvalue weighted by molar-refractivity contribution is 0.0914. The van der Waals surface area contributed by atoms with E-state index in [4.69, 9.17) is 4.42 Å². The summed E-state index contributed by atoms with van der Waals surface area (Å²) in [6.07, 6.45) is 6.50. The summed E-state index contributed by atoms with van der Waals surface area (Å²) in [5, 5.41) is 3.18. The van der Waals surface area contributed by atoms with Gasteiger partial charge in [0.15, 0.2) is 0 Å². The highest BCUT2D eigenvalue weighted by molar-refractivity contribution is 5.96. The molecule has 3 aromatic rings. The fourth-order valence-corrected chi connectivity index (χ4v) is 4.00. The Kier molecular flexibility index (Phi) is 5.54. The van der Waals surface area contributed by atoms with Gasteiger partial charge in [-0.25, -0.2) is 9.78 Å². The van der Waals surface area contributed by atoms with Crippen LogP contribution in [0, 0.1) is 0 Å². The maximum atomic E-state index is 12.8. The predicted molar refractivity (Wildman–Crippen MR) is 111 cm³/mol. The molecule has 1 atom stereocenters. The van der Waals surface area contributed by atoms with E-state index in [2.05, 4.69) is 15.2 Å². The van der Waals surface area contributed by atoms with E-state index in [1.165, 1.54) is 30.3 Å². The molecule has 0 bridgehead atoms. The summed E-state index contributed by atoms with van der Waals surface area (Å²) in [5.41, 5.74) is -0.409. The summed E-state index contributed by atoms with van der Waals surface area (Å²) >= 11 is 0. The second-order valence-electron chi connectivity index (χ2n) is 7.64. The molecule has 1 fully saturated rings. The fourth-order valence-electron chi connectivity index (χ4n) is 4.00. The van der Waals surface area contributed by atoms with Gasteiger partial charge in [0, 0.05) is 26.8 Å². The van der Waals surface area contributed by atoms with Crippen LogP contribution in [0.3, 0.4) is 0 Å². The number of nitrogens with one attached hydrogen (secondary N) is 1. The van der Waals surface area contributed by atoms with Crippen LogP contribution >= 0.6 is 0 Å². The zero-order valence-corrected chi connectivity index (χ0v) is 17.1. The lowest BCUT2D eigenvalue weighted by Gasteiger charge is -2.33. The molecule has 0 aliphatic carbocycles. The summed E-state index contributed by atoms with van der Waals surface area (Å²) in [7, 11) is 2.95. The Balaban J connectivity index is 1.57. The number of pyridine rings is 1. The minimum absolute atomic E-state index is 0.0497. The third kappa shape index (κ3) is 3.68. The first-order valence-corrected chi connectivity index (χ1v) is 10.1. The molecule has 3 aromatic heterocycles. The van der Waals surface area contributed by atoms with E-state index in [9.17, 15) is 14.4 Å². The van der Waals surface area contributed by atoms with E-state index in [0.717, 1.165) is 36.3 Å². The molecular formula is C21H25N5O4. The van der Waals surface area contributed by atoms with E-state index in [0.29, 0.717) is 6.54 Å². The third-order valence-electron chi connectivity index (χ3n) is 5.71. The average molecular weight is 411 g/mol. The number of amides is 1. The zero-order valence-electron chi connectivity index (χ0n) is 17.1. The normalized spacial score (nSPS) is 15.9. The average Bonchev–Trinajstić information content (AvgIpc) is 3.31. The molecule has 30 heavy (non-hydrogen) atoms. The quantitative estimate of drug-likeness (QED) is 0.676. The van der Waals surface area contributed by atoms with E-state index in [1.807, 2.05) is 12.1 Å². The minimum atomic E-state index is -0.475. The monoisotopic (exact) mass is 411 g/mol. The lowest BCUT2D eigenvalue weighted by atomic mass is 10.1. The van der Waals surface area contributed by atoms with Crippen LogP contribution < -0.4 is 16.6 Å². The summed E-state index contributed by atoms with van der Waals surface area (Å²) in [4.78, 5) is 43.9. The van der Waals surface area contributed by atoms with Crippen LogP contribution in [0.2, 0.25) is 0 Å². The number of hydrogen-bond donors (Lipinski definition) is 1. The van der Waals surface area contributed by atoms with Gasteiger partial charge in [-0.15, -0.1) is 0 Å². The fraction of sp³-hybridized carbons (Fsp3) is 0.429. The number of fused-ring (bicyclic) bond motifs is 1. The van der Waals surface area contributed by atoms with Crippen molar-refractivity contribution in [1.82, 2.24) is 24.3 Å². The molecule has 158 valence electrons. The number of likely N-dealkylation sites (tertiary alicyclic amines) is 1. The smallest absolute Gasteiger partial charge is 0.332 e. The summed E-state index contributed by atoms with van der Waals surface area (Å²) in [6.45, 7) is 2.31. The van der Waals surface area contributed by atoms with Crippen LogP contribution in [0.1, 0.15) is 41.4 Å². The molecular weight excluding hydrogens is 386 g/mol. The van der Waals surface area contributed by atoms with Gasteiger partial charge < -0.3 is 9.73 Å². The standard InChI is InChI=1S/C21H25N5O4/c1-24-18-15(20(28)25(2)21(24)29)11-14(12-22-18)19(27)23-13-16(17-7-6-10-30-17)26-8-4-3-5-9-26/h6-7,10-12,16H,3-5,8-9,13H2,1-2H3,(H,23,27). The topological polar surface area (TPSA) is 102 Å². The molecule has 0 aromatic carbocycles. The van der Waals surface area contributed by atoms with Crippen molar-refractivity contribution in [2.75, 3.05) is 19.6 Å². The number of hydrogen-bond acceptors (Lipinski definition) is 6. The van der Waals surface area contributed by atoms with Crippen LogP contribution in [0.25, 0.3) is 11.0 Å². The molecule has 0 spiro atoms. The van der Waals surface area contributed by atoms with Crippen molar-refractivity contribution in [3.05, 3.63) is 62.8 Å². The highest BCUT2D eigenvalue weighted by atomic mass is 16.3. The molecule has 1 amide bonds. The maximum absolute atomic E-state index is 12.8. The maximum Gasteiger partial charge on any atom is 0.332 e. The molecule has 4 heterocycles. The van der Waals surface area contributed by atoms with Crippen molar-refractivity contribution in [2.24, 2.45) is 14.1 Å². The Hall–Kier alpha value is -3.20. The first kappa shape index (κ1) is 20.1. The van der Waals surface area contributed by atoms with Gasteiger partial charge >= 0.3 is 5.69 Å². The number of carbonyl (C=O) groups is 1. The molecule has 4 rings (SSSR count). The molecule has 1 N–H and O–H groups in total. The van der Waals surface area contributed by atoms with Gasteiger partial charge in [0.2, 0.25) is 0 Å². The second kappa shape index (κ2) is 8.27. The van der Waals surface area contributed by atoms with Crippen molar-refractivity contribution in [3.8, 4) is 0 Å². The number of aromatic nitrogens is 3. The van der Waals surface area contributed by atoms with Crippen molar-refractivity contribution < 1.29 is 9.21 Å². The van der Waals surface area contributed by atoms with Gasteiger partial charge in [-0.3, -0.25) is 23.6 Å². The van der Waals surface area contributed by atoms with Gasteiger partial charge in [0.1, 0.15) is 11.4 Å². The molecule has 1 saturated heterocycles. The van der Waals surface area contributed by atoms with Gasteiger partial charge in [-0.1, -0.05) is 6.42 Å². The molecule has 0 saturated carbocycles. The number of carbonyl (C=O) groups excluding carboxylic acids is 1. The second-order valence-corrected chi connectivity index (χ2v) is 7.64. The number of piperidine rings is 1. The molecule has 9 heteroatoms. The van der Waals surface area contributed by atoms with Gasteiger partial charge in [0.25, 0.3) is 11.5 Å². The molecule has 0 radical (unpaired) electrons. The largest absolute Gasteiger partial charge is 0.468 e. The molecule has 1 unspecified atom stereocenters. The van der Waals surface area contributed by atoms with Crippen molar-refractivity contribution in [1.29, 1.82) is 0 Å².